The molecule has 0 bridgehead atoms. The van der Waals surface area contributed by atoms with Crippen LogP contribution in [0.1, 0.15) is 32.9 Å². The molecule has 0 saturated heterocycles. The summed E-state index contributed by atoms with van der Waals surface area (Å²) in [7, 11) is 0. The van der Waals surface area contributed by atoms with Crippen LogP contribution in [0.3, 0.4) is 0 Å². The molecule has 1 aromatic heterocycles. The number of hydrogen-bond acceptors (Lipinski definition) is 11. The van der Waals surface area contributed by atoms with Crippen molar-refractivity contribution in [3.63, 3.8) is 0 Å². The van der Waals surface area contributed by atoms with Gasteiger partial charge in [-0.25, -0.2) is 4.98 Å². The number of aromatic nitrogens is 1. The Balaban J connectivity index is 1.40. The van der Waals surface area contributed by atoms with Gasteiger partial charge in [0.05, 0.1) is 91.4 Å². The molecule has 2 rings (SSSR count). The highest BCUT2D eigenvalue weighted by Gasteiger charge is 2.14. The van der Waals surface area contributed by atoms with Gasteiger partial charge in [-0.15, -0.1) is 11.3 Å². The van der Waals surface area contributed by atoms with Crippen LogP contribution in [-0.2, 0) is 33.2 Å². The molecule has 0 aliphatic heterocycles. The lowest BCUT2D eigenvalue weighted by atomic mass is 10.1. The molecule has 1 heterocycles. The number of carbonyl (C=O) groups is 2. The number of ether oxygens (including phenoxy) is 6. The van der Waals surface area contributed by atoms with Gasteiger partial charge >= 0.3 is 5.97 Å². The Kier molecular flexibility index (Phi) is 17.8. The number of aryl methyl sites for hydroxylation is 2. The highest BCUT2D eigenvalue weighted by Crippen LogP contribution is 2.24. The van der Waals surface area contributed by atoms with Crippen LogP contribution in [0, 0.1) is 20.8 Å². The number of amides is 1. The van der Waals surface area contributed by atoms with Gasteiger partial charge in [0, 0.05) is 22.7 Å². The molecule has 0 aliphatic rings. The van der Waals surface area contributed by atoms with Crippen molar-refractivity contribution >= 4 is 34.0 Å². The van der Waals surface area contributed by atoms with Gasteiger partial charge in [0.2, 0.25) is 0 Å². The smallest absolute Gasteiger partial charge is 0.305 e. The van der Waals surface area contributed by atoms with Crippen LogP contribution >= 0.6 is 11.3 Å². The molecular formula is C28H43N3O9S. The minimum absolute atomic E-state index is 0.00485. The van der Waals surface area contributed by atoms with Crippen LogP contribution < -0.4 is 10.6 Å². The van der Waals surface area contributed by atoms with Crippen molar-refractivity contribution in [2.75, 3.05) is 96.5 Å². The minimum atomic E-state index is -0.876. The van der Waals surface area contributed by atoms with Crippen molar-refractivity contribution in [2.24, 2.45) is 0 Å². The first-order valence-corrected chi connectivity index (χ1v) is 14.5. The highest BCUT2D eigenvalue weighted by molar-refractivity contribution is 7.15. The van der Waals surface area contributed by atoms with Crippen LogP contribution in [0.5, 0.6) is 0 Å². The number of anilines is 2. The summed E-state index contributed by atoms with van der Waals surface area (Å²) in [5.74, 6) is -1.05. The first kappa shape index (κ1) is 34.6. The summed E-state index contributed by atoms with van der Waals surface area (Å²) in [6.07, 6.45) is -0.00485. The fourth-order valence-electron chi connectivity index (χ4n) is 3.38. The maximum Gasteiger partial charge on any atom is 0.305 e. The molecule has 2 aromatic rings. The molecular weight excluding hydrogens is 554 g/mol. The van der Waals surface area contributed by atoms with E-state index in [1.165, 1.54) is 11.3 Å². The summed E-state index contributed by atoms with van der Waals surface area (Å²) in [5, 5.41) is 15.3. The highest BCUT2D eigenvalue weighted by atomic mass is 32.1. The average molecular weight is 598 g/mol. The SMILES string of the molecule is Cc1nc(NC(=O)c2cccc(NCCOCCOCCOCCOCCOCCOCCC(=O)O)c2C)sc1C. The molecule has 230 valence electrons. The van der Waals surface area contributed by atoms with E-state index in [4.69, 9.17) is 33.5 Å². The molecule has 0 aliphatic carbocycles. The fraction of sp³-hybridized carbons (Fsp3) is 0.607. The maximum absolute atomic E-state index is 12.7. The average Bonchev–Trinajstić information content (AvgIpc) is 3.25. The van der Waals surface area contributed by atoms with Crippen LogP contribution in [0.25, 0.3) is 0 Å². The molecule has 12 nitrogen and oxygen atoms in total. The van der Waals surface area contributed by atoms with Crippen LogP contribution in [0.2, 0.25) is 0 Å². The molecule has 3 N–H and O–H groups in total. The zero-order chi connectivity index (χ0) is 29.7. The molecule has 0 radical (unpaired) electrons. The fourth-order valence-corrected chi connectivity index (χ4v) is 4.19. The number of hydrogen-bond donors (Lipinski definition) is 3. The van der Waals surface area contributed by atoms with Crippen molar-refractivity contribution in [3.8, 4) is 0 Å². The number of carboxylic acid groups (broad SMARTS) is 1. The zero-order valence-electron chi connectivity index (χ0n) is 24.2. The number of thiazole rings is 1. The van der Waals surface area contributed by atoms with Crippen molar-refractivity contribution in [2.45, 2.75) is 27.2 Å². The van der Waals surface area contributed by atoms with E-state index in [2.05, 4.69) is 15.6 Å². The molecule has 1 aromatic carbocycles. The normalized spacial score (nSPS) is 11.1. The van der Waals surface area contributed by atoms with Crippen molar-refractivity contribution in [1.29, 1.82) is 0 Å². The third-order valence-electron chi connectivity index (χ3n) is 5.71. The first-order valence-electron chi connectivity index (χ1n) is 13.7. The molecule has 41 heavy (non-hydrogen) atoms. The lowest BCUT2D eigenvalue weighted by Gasteiger charge is -2.13. The lowest BCUT2D eigenvalue weighted by molar-refractivity contribution is -0.138. The summed E-state index contributed by atoms with van der Waals surface area (Å²) in [6.45, 7) is 11.6. The summed E-state index contributed by atoms with van der Waals surface area (Å²) >= 11 is 1.47. The van der Waals surface area contributed by atoms with Gasteiger partial charge in [0.1, 0.15) is 0 Å². The second-order valence-corrected chi connectivity index (χ2v) is 10.0. The second-order valence-electron chi connectivity index (χ2n) is 8.84. The standard InChI is InChI=1S/C28H43N3O9S/c1-21-24(27(34)31-28-30-22(2)23(3)41-28)5-4-6-25(21)29-8-10-36-12-14-38-16-18-40-20-19-39-17-15-37-13-11-35-9-7-26(32)33/h4-6,29H,7-20H2,1-3H3,(H,32,33)(H,30,31,34). The van der Waals surface area contributed by atoms with Gasteiger partial charge < -0.3 is 38.8 Å². The van der Waals surface area contributed by atoms with Gasteiger partial charge in [-0.2, -0.15) is 0 Å². The number of carbonyl (C=O) groups excluding carboxylic acids is 1. The van der Waals surface area contributed by atoms with Gasteiger partial charge in [-0.3, -0.25) is 14.9 Å². The van der Waals surface area contributed by atoms with Gasteiger partial charge in [0.15, 0.2) is 5.13 Å². The Morgan fingerprint density at radius 2 is 1.29 bits per heavy atom. The number of rotatable bonds is 24. The summed E-state index contributed by atoms with van der Waals surface area (Å²) in [5.41, 5.74) is 3.28. The van der Waals surface area contributed by atoms with Crippen LogP contribution in [-0.4, -0.2) is 108 Å². The molecule has 0 fully saturated rings. The monoisotopic (exact) mass is 597 g/mol. The number of aliphatic carboxylic acids is 1. The predicted octanol–water partition coefficient (Wildman–Crippen LogP) is 3.31. The van der Waals surface area contributed by atoms with E-state index < -0.39 is 5.97 Å². The summed E-state index contributed by atoms with van der Waals surface area (Å²) in [6, 6.07) is 5.60. The van der Waals surface area contributed by atoms with E-state index in [1.807, 2.05) is 32.9 Å². The summed E-state index contributed by atoms with van der Waals surface area (Å²) in [4.78, 5) is 28.5. The zero-order valence-corrected chi connectivity index (χ0v) is 25.0. The Labute approximate surface area is 245 Å². The van der Waals surface area contributed by atoms with Gasteiger partial charge in [-0.1, -0.05) is 6.07 Å². The number of benzene rings is 1. The van der Waals surface area contributed by atoms with E-state index in [0.717, 1.165) is 21.8 Å². The number of carboxylic acids is 1. The van der Waals surface area contributed by atoms with Crippen molar-refractivity contribution < 1.29 is 43.1 Å². The maximum atomic E-state index is 12.7. The molecule has 13 heteroatoms. The van der Waals surface area contributed by atoms with E-state index in [1.54, 1.807) is 6.07 Å². The molecule has 0 spiro atoms. The number of nitrogens with zero attached hydrogens (tertiary/aromatic N) is 1. The van der Waals surface area contributed by atoms with Crippen LogP contribution in [0.4, 0.5) is 10.8 Å². The van der Waals surface area contributed by atoms with Crippen molar-refractivity contribution in [1.82, 2.24) is 4.98 Å². The van der Waals surface area contributed by atoms with E-state index in [0.29, 0.717) is 89.9 Å². The molecule has 1 amide bonds. The number of nitrogens with one attached hydrogen (secondary N) is 2. The Bertz CT molecular complexity index is 1020. The Morgan fingerprint density at radius 1 is 0.780 bits per heavy atom. The van der Waals surface area contributed by atoms with E-state index in [9.17, 15) is 9.59 Å². The molecule has 0 unspecified atom stereocenters. The third-order valence-corrected chi connectivity index (χ3v) is 6.70. The minimum Gasteiger partial charge on any atom is -0.481 e. The largest absolute Gasteiger partial charge is 0.481 e. The first-order chi connectivity index (χ1) is 19.9. The molecule has 0 saturated carbocycles. The predicted molar refractivity (Wildman–Crippen MR) is 156 cm³/mol. The Hall–Kier alpha value is -2.65. The third kappa shape index (κ3) is 15.2. The summed E-state index contributed by atoms with van der Waals surface area (Å²) < 4.78 is 32.4. The quantitative estimate of drug-likeness (QED) is 0.153. The van der Waals surface area contributed by atoms with Crippen LogP contribution in [0.15, 0.2) is 18.2 Å². The topological polar surface area (TPSA) is 147 Å². The van der Waals surface area contributed by atoms with Gasteiger partial charge in [-0.05, 0) is 38.5 Å². The van der Waals surface area contributed by atoms with E-state index >= 15 is 0 Å². The lowest BCUT2D eigenvalue weighted by Crippen LogP contribution is -2.17. The molecule has 0 atom stereocenters. The Morgan fingerprint density at radius 3 is 1.78 bits per heavy atom. The van der Waals surface area contributed by atoms with Crippen molar-refractivity contribution in [3.05, 3.63) is 39.9 Å². The van der Waals surface area contributed by atoms with Gasteiger partial charge in [0.25, 0.3) is 5.91 Å². The van der Waals surface area contributed by atoms with E-state index in [-0.39, 0.29) is 18.9 Å². The second kappa shape index (κ2) is 21.1.